The smallest absolute Gasteiger partial charge is 0.305 e. The van der Waals surface area contributed by atoms with Crippen LogP contribution in [0.1, 0.15) is 30.4 Å². The second-order valence-electron chi connectivity index (χ2n) is 6.47. The molecule has 30 heavy (non-hydrogen) atoms. The zero-order valence-corrected chi connectivity index (χ0v) is 18.3. The first-order chi connectivity index (χ1) is 14.3. The molecule has 162 valence electrons. The Kier molecular flexibility index (Phi) is 8.23. The second-order valence-corrected chi connectivity index (χ2v) is 8.13. The number of rotatable bonds is 10. The molecule has 0 aromatic heterocycles. The van der Waals surface area contributed by atoms with Gasteiger partial charge >= 0.3 is 5.97 Å². The number of ether oxygens (including phenoxy) is 3. The van der Waals surface area contributed by atoms with E-state index < -0.39 is 10.0 Å². The Hall–Kier alpha value is -3.07. The summed E-state index contributed by atoms with van der Waals surface area (Å²) < 4.78 is 40.4. The Morgan fingerprint density at radius 1 is 0.967 bits per heavy atom. The molecule has 0 saturated heterocycles. The van der Waals surface area contributed by atoms with Crippen molar-refractivity contribution in [2.45, 2.75) is 31.1 Å². The SMILES string of the molecule is COC(=O)CCC/C(=N/NS(=O)(=O)c1ccc(C)cc1)c1ccc(OC)c(OC)c1. The van der Waals surface area contributed by atoms with Gasteiger partial charge in [0.05, 0.1) is 31.9 Å². The van der Waals surface area contributed by atoms with Crippen LogP contribution in [-0.4, -0.2) is 41.4 Å². The van der Waals surface area contributed by atoms with Gasteiger partial charge in [-0.3, -0.25) is 4.79 Å². The Balaban J connectivity index is 2.32. The highest BCUT2D eigenvalue weighted by atomic mass is 32.2. The van der Waals surface area contributed by atoms with Gasteiger partial charge in [-0.2, -0.15) is 18.4 Å². The predicted octanol–water partition coefficient (Wildman–Crippen LogP) is 3.04. The molecular weight excluding hydrogens is 408 g/mol. The fourth-order valence-corrected chi connectivity index (χ4v) is 3.50. The van der Waals surface area contributed by atoms with Crippen molar-refractivity contribution >= 4 is 21.7 Å². The maximum absolute atomic E-state index is 12.6. The zero-order valence-electron chi connectivity index (χ0n) is 17.5. The van der Waals surface area contributed by atoms with E-state index in [0.29, 0.717) is 35.6 Å². The molecule has 9 heteroatoms. The highest BCUT2D eigenvalue weighted by molar-refractivity contribution is 7.89. The van der Waals surface area contributed by atoms with E-state index in [1.165, 1.54) is 33.5 Å². The van der Waals surface area contributed by atoms with Crippen molar-refractivity contribution in [2.24, 2.45) is 5.10 Å². The molecule has 2 aromatic rings. The predicted molar refractivity (Wildman–Crippen MR) is 113 cm³/mol. The first-order valence-electron chi connectivity index (χ1n) is 9.25. The molecular formula is C21H26N2O6S. The fraction of sp³-hybridized carbons (Fsp3) is 0.333. The lowest BCUT2D eigenvalue weighted by Crippen LogP contribution is -2.21. The lowest BCUT2D eigenvalue weighted by atomic mass is 10.0. The largest absolute Gasteiger partial charge is 0.493 e. The molecule has 2 rings (SSSR count). The van der Waals surface area contributed by atoms with Gasteiger partial charge < -0.3 is 14.2 Å². The van der Waals surface area contributed by atoms with Gasteiger partial charge in [0.2, 0.25) is 0 Å². The third-order valence-corrected chi connectivity index (χ3v) is 5.60. The molecule has 0 heterocycles. The zero-order chi connectivity index (χ0) is 22.1. The van der Waals surface area contributed by atoms with Gasteiger partial charge in [-0.05, 0) is 50.1 Å². The van der Waals surface area contributed by atoms with Crippen molar-refractivity contribution in [2.75, 3.05) is 21.3 Å². The molecule has 0 unspecified atom stereocenters. The van der Waals surface area contributed by atoms with Crippen LogP contribution in [0.3, 0.4) is 0 Å². The van der Waals surface area contributed by atoms with Crippen molar-refractivity contribution in [1.82, 2.24) is 4.83 Å². The molecule has 0 aliphatic carbocycles. The maximum atomic E-state index is 12.6. The van der Waals surface area contributed by atoms with Gasteiger partial charge in [-0.1, -0.05) is 17.7 Å². The number of aryl methyl sites for hydroxylation is 1. The van der Waals surface area contributed by atoms with Gasteiger partial charge in [-0.25, -0.2) is 0 Å². The first kappa shape index (κ1) is 23.2. The Morgan fingerprint density at radius 3 is 2.23 bits per heavy atom. The summed E-state index contributed by atoms with van der Waals surface area (Å²) in [5.41, 5.74) is 2.05. The molecule has 0 radical (unpaired) electrons. The Morgan fingerprint density at radius 2 is 1.63 bits per heavy atom. The number of sulfonamides is 1. The lowest BCUT2D eigenvalue weighted by Gasteiger charge is -2.12. The first-order valence-corrected chi connectivity index (χ1v) is 10.7. The number of benzene rings is 2. The van der Waals surface area contributed by atoms with Crippen molar-refractivity contribution < 1.29 is 27.4 Å². The van der Waals surface area contributed by atoms with Gasteiger partial charge in [0.15, 0.2) is 11.5 Å². The number of hydrogen-bond donors (Lipinski definition) is 1. The summed E-state index contributed by atoms with van der Waals surface area (Å²) in [6, 6.07) is 11.6. The van der Waals surface area contributed by atoms with E-state index in [1.54, 1.807) is 30.3 Å². The minimum atomic E-state index is -3.84. The molecule has 0 atom stereocenters. The van der Waals surface area contributed by atoms with E-state index >= 15 is 0 Å². The number of nitrogens with zero attached hydrogens (tertiary/aromatic N) is 1. The summed E-state index contributed by atoms with van der Waals surface area (Å²) >= 11 is 0. The Bertz CT molecular complexity index is 1000. The van der Waals surface area contributed by atoms with Gasteiger partial charge in [-0.15, -0.1) is 0 Å². The van der Waals surface area contributed by atoms with Crippen LogP contribution < -0.4 is 14.3 Å². The highest BCUT2D eigenvalue weighted by Gasteiger charge is 2.15. The maximum Gasteiger partial charge on any atom is 0.305 e. The molecule has 0 fully saturated rings. The molecule has 2 aromatic carbocycles. The van der Waals surface area contributed by atoms with E-state index in [0.717, 1.165) is 5.56 Å². The quantitative estimate of drug-likeness (QED) is 0.350. The summed E-state index contributed by atoms with van der Waals surface area (Å²) in [7, 11) is 0.517. The van der Waals surface area contributed by atoms with Gasteiger partial charge in [0.25, 0.3) is 10.0 Å². The van der Waals surface area contributed by atoms with Crippen molar-refractivity contribution in [3.63, 3.8) is 0 Å². The summed E-state index contributed by atoms with van der Waals surface area (Å²) in [5, 5.41) is 4.15. The normalized spacial score (nSPS) is 11.7. The summed E-state index contributed by atoms with van der Waals surface area (Å²) in [5.74, 6) is 0.675. The molecule has 0 amide bonds. The standard InChI is InChI=1S/C21H26N2O6S/c1-15-8-11-17(12-9-15)30(25,26)23-22-18(6-5-7-21(24)29-4)16-10-13-19(27-2)20(14-16)28-3/h8-14,23H,5-7H2,1-4H3/b22-18-. The third kappa shape index (κ3) is 6.21. The lowest BCUT2D eigenvalue weighted by molar-refractivity contribution is -0.140. The van der Waals surface area contributed by atoms with E-state index in [9.17, 15) is 13.2 Å². The van der Waals surface area contributed by atoms with E-state index in [2.05, 4.69) is 14.7 Å². The molecule has 0 spiro atoms. The molecule has 0 aliphatic rings. The van der Waals surface area contributed by atoms with Crippen LogP contribution in [0, 0.1) is 6.92 Å². The van der Waals surface area contributed by atoms with Crippen LogP contribution in [-0.2, 0) is 19.6 Å². The number of esters is 1. The molecule has 0 bridgehead atoms. The number of methoxy groups -OCH3 is 3. The number of hydrogen-bond acceptors (Lipinski definition) is 7. The third-order valence-electron chi connectivity index (χ3n) is 4.37. The van der Waals surface area contributed by atoms with Crippen LogP contribution in [0.5, 0.6) is 11.5 Å². The molecule has 8 nitrogen and oxygen atoms in total. The second kappa shape index (κ2) is 10.6. The fourth-order valence-electron chi connectivity index (χ4n) is 2.67. The number of carbonyl (C=O) groups is 1. The van der Waals surface area contributed by atoms with Crippen LogP contribution in [0.15, 0.2) is 52.5 Å². The van der Waals surface area contributed by atoms with Crippen molar-refractivity contribution in [3.05, 3.63) is 53.6 Å². The van der Waals surface area contributed by atoms with Crippen LogP contribution in [0.4, 0.5) is 0 Å². The minimum absolute atomic E-state index is 0.109. The molecule has 0 aliphatic heterocycles. The monoisotopic (exact) mass is 434 g/mol. The van der Waals surface area contributed by atoms with E-state index in [-0.39, 0.29) is 17.3 Å². The molecule has 1 N–H and O–H groups in total. The highest BCUT2D eigenvalue weighted by Crippen LogP contribution is 2.28. The number of carbonyl (C=O) groups excluding carboxylic acids is 1. The van der Waals surface area contributed by atoms with E-state index in [4.69, 9.17) is 9.47 Å². The average Bonchev–Trinajstić information content (AvgIpc) is 2.75. The van der Waals surface area contributed by atoms with Crippen LogP contribution >= 0.6 is 0 Å². The minimum Gasteiger partial charge on any atom is -0.493 e. The summed E-state index contributed by atoms with van der Waals surface area (Å²) in [6.07, 6.45) is 0.973. The van der Waals surface area contributed by atoms with Crippen LogP contribution in [0.25, 0.3) is 0 Å². The van der Waals surface area contributed by atoms with Gasteiger partial charge in [0, 0.05) is 12.0 Å². The van der Waals surface area contributed by atoms with Crippen molar-refractivity contribution in [3.8, 4) is 11.5 Å². The summed E-state index contributed by atoms with van der Waals surface area (Å²) in [6.45, 7) is 1.87. The van der Waals surface area contributed by atoms with Crippen molar-refractivity contribution in [1.29, 1.82) is 0 Å². The Labute approximate surface area is 176 Å². The van der Waals surface area contributed by atoms with Crippen LogP contribution in [0.2, 0.25) is 0 Å². The topological polar surface area (TPSA) is 103 Å². The summed E-state index contributed by atoms with van der Waals surface area (Å²) in [4.78, 5) is 13.8. The molecule has 0 saturated carbocycles. The van der Waals surface area contributed by atoms with Gasteiger partial charge in [0.1, 0.15) is 0 Å². The average molecular weight is 435 g/mol. The van der Waals surface area contributed by atoms with E-state index in [1.807, 2.05) is 6.92 Å². The number of nitrogens with one attached hydrogen (secondary N) is 1. The number of hydrazone groups is 1.